The first-order valence-electron chi connectivity index (χ1n) is 5.78. The molecule has 0 saturated carbocycles. The molecule has 21 heavy (non-hydrogen) atoms. The van der Waals surface area contributed by atoms with E-state index >= 15 is 0 Å². The number of aromatic nitrogens is 1. The van der Waals surface area contributed by atoms with Crippen LogP contribution in [-0.2, 0) is 10.0 Å². The lowest BCUT2D eigenvalue weighted by Gasteiger charge is -2.10. The molecule has 0 aliphatic heterocycles. The molecular formula is C13H11ClN2O4S. The molecule has 8 heteroatoms. The van der Waals surface area contributed by atoms with Crippen LogP contribution in [-0.4, -0.2) is 24.5 Å². The number of aromatic carboxylic acids is 1. The highest BCUT2D eigenvalue weighted by Crippen LogP contribution is 2.22. The molecule has 0 amide bonds. The van der Waals surface area contributed by atoms with Crippen LogP contribution in [0.4, 0.5) is 5.82 Å². The van der Waals surface area contributed by atoms with Crippen LogP contribution < -0.4 is 4.72 Å². The highest BCUT2D eigenvalue weighted by atomic mass is 35.5. The second-order valence-electron chi connectivity index (χ2n) is 4.22. The molecule has 0 fully saturated rings. The standard InChI is InChI=1S/C13H11ClN2O4S/c1-8-3-2-6-15-12(8)16-21(19,20)9-4-5-11(14)10(7-9)13(17)18/h2-7H,1H3,(H,15,16)(H,17,18). The Bertz CT molecular complexity index is 806. The molecular weight excluding hydrogens is 316 g/mol. The molecule has 1 aromatic heterocycles. The first-order chi connectivity index (χ1) is 9.81. The van der Waals surface area contributed by atoms with Crippen LogP contribution in [0.3, 0.4) is 0 Å². The molecule has 0 saturated heterocycles. The second kappa shape index (κ2) is 5.71. The number of rotatable bonds is 4. The number of anilines is 1. The molecule has 0 atom stereocenters. The molecule has 1 aromatic carbocycles. The van der Waals surface area contributed by atoms with Crippen molar-refractivity contribution in [3.8, 4) is 0 Å². The first kappa shape index (κ1) is 15.3. The topological polar surface area (TPSA) is 96.4 Å². The molecule has 2 rings (SSSR count). The van der Waals surface area contributed by atoms with Gasteiger partial charge in [-0.15, -0.1) is 0 Å². The Morgan fingerprint density at radius 1 is 1.33 bits per heavy atom. The fourth-order valence-corrected chi connectivity index (χ4v) is 2.92. The Morgan fingerprint density at radius 2 is 2.05 bits per heavy atom. The Morgan fingerprint density at radius 3 is 2.67 bits per heavy atom. The minimum atomic E-state index is -3.94. The quantitative estimate of drug-likeness (QED) is 0.900. The molecule has 110 valence electrons. The number of nitrogens with one attached hydrogen (secondary N) is 1. The highest BCUT2D eigenvalue weighted by molar-refractivity contribution is 7.92. The van der Waals surface area contributed by atoms with Gasteiger partial charge in [0, 0.05) is 6.20 Å². The van der Waals surface area contributed by atoms with E-state index in [0.29, 0.717) is 5.56 Å². The number of hydrogen-bond acceptors (Lipinski definition) is 4. The maximum absolute atomic E-state index is 12.3. The normalized spacial score (nSPS) is 11.1. The smallest absolute Gasteiger partial charge is 0.337 e. The Labute approximate surface area is 126 Å². The van der Waals surface area contributed by atoms with E-state index in [9.17, 15) is 13.2 Å². The summed E-state index contributed by atoms with van der Waals surface area (Å²) in [7, 11) is -3.94. The summed E-state index contributed by atoms with van der Waals surface area (Å²) in [6, 6.07) is 6.85. The van der Waals surface area contributed by atoms with Crippen molar-refractivity contribution < 1.29 is 18.3 Å². The van der Waals surface area contributed by atoms with Crippen LogP contribution in [0.25, 0.3) is 0 Å². The molecule has 0 aliphatic carbocycles. The lowest BCUT2D eigenvalue weighted by Crippen LogP contribution is -2.15. The van der Waals surface area contributed by atoms with Gasteiger partial charge in [-0.3, -0.25) is 4.72 Å². The number of nitrogens with zero attached hydrogens (tertiary/aromatic N) is 1. The largest absolute Gasteiger partial charge is 0.478 e. The minimum Gasteiger partial charge on any atom is -0.478 e. The second-order valence-corrected chi connectivity index (χ2v) is 6.31. The van der Waals surface area contributed by atoms with Gasteiger partial charge in [-0.2, -0.15) is 0 Å². The van der Waals surface area contributed by atoms with E-state index in [1.165, 1.54) is 18.3 Å². The molecule has 0 unspecified atom stereocenters. The zero-order chi connectivity index (χ0) is 15.6. The van der Waals surface area contributed by atoms with Gasteiger partial charge >= 0.3 is 5.97 Å². The number of carboxylic acids is 1. The molecule has 2 N–H and O–H groups in total. The summed E-state index contributed by atoms with van der Waals surface area (Å²) in [4.78, 5) is 14.7. The van der Waals surface area contributed by atoms with Crippen molar-refractivity contribution in [2.75, 3.05) is 4.72 Å². The third kappa shape index (κ3) is 3.32. The van der Waals surface area contributed by atoms with Crippen LogP contribution in [0.2, 0.25) is 5.02 Å². The van der Waals surface area contributed by atoms with E-state index in [1.807, 2.05) is 0 Å². The summed E-state index contributed by atoms with van der Waals surface area (Å²) in [5, 5.41) is 8.95. The van der Waals surface area contributed by atoms with Crippen molar-refractivity contribution in [2.24, 2.45) is 0 Å². The van der Waals surface area contributed by atoms with E-state index in [2.05, 4.69) is 9.71 Å². The van der Waals surface area contributed by atoms with E-state index in [4.69, 9.17) is 16.7 Å². The SMILES string of the molecule is Cc1cccnc1NS(=O)(=O)c1ccc(Cl)c(C(=O)O)c1. The number of benzene rings is 1. The van der Waals surface area contributed by atoms with Gasteiger partial charge in [0.25, 0.3) is 10.0 Å². The lowest BCUT2D eigenvalue weighted by atomic mass is 10.2. The maximum Gasteiger partial charge on any atom is 0.337 e. The number of sulfonamides is 1. The fraction of sp³-hybridized carbons (Fsp3) is 0.0769. The third-order valence-corrected chi connectivity index (χ3v) is 4.39. The first-order valence-corrected chi connectivity index (χ1v) is 7.64. The summed E-state index contributed by atoms with van der Waals surface area (Å²) in [6.07, 6.45) is 1.45. The number of aryl methyl sites for hydroxylation is 1. The average molecular weight is 327 g/mol. The summed E-state index contributed by atoms with van der Waals surface area (Å²) in [6.45, 7) is 1.70. The van der Waals surface area contributed by atoms with E-state index in [1.54, 1.807) is 19.1 Å². The zero-order valence-electron chi connectivity index (χ0n) is 10.9. The maximum atomic E-state index is 12.3. The minimum absolute atomic E-state index is 0.0320. The van der Waals surface area contributed by atoms with Crippen LogP contribution in [0.15, 0.2) is 41.4 Å². The van der Waals surface area contributed by atoms with Crippen molar-refractivity contribution >= 4 is 33.4 Å². The Hall–Kier alpha value is -2.12. The zero-order valence-corrected chi connectivity index (χ0v) is 12.4. The van der Waals surface area contributed by atoms with Crippen molar-refractivity contribution in [1.29, 1.82) is 0 Å². The highest BCUT2D eigenvalue weighted by Gasteiger charge is 2.19. The number of pyridine rings is 1. The van der Waals surface area contributed by atoms with Gasteiger partial charge in [0.05, 0.1) is 15.5 Å². The summed E-state index contributed by atoms with van der Waals surface area (Å²) >= 11 is 5.72. The summed E-state index contributed by atoms with van der Waals surface area (Å²) in [5.41, 5.74) is 0.366. The van der Waals surface area contributed by atoms with Crippen LogP contribution in [0.5, 0.6) is 0 Å². The molecule has 0 spiro atoms. The van der Waals surface area contributed by atoms with Gasteiger partial charge in [-0.25, -0.2) is 18.2 Å². The van der Waals surface area contributed by atoms with Crippen molar-refractivity contribution in [1.82, 2.24) is 4.98 Å². The Kier molecular flexibility index (Phi) is 4.15. The van der Waals surface area contributed by atoms with Crippen LogP contribution in [0.1, 0.15) is 15.9 Å². The molecule has 0 aliphatic rings. The monoisotopic (exact) mass is 326 g/mol. The van der Waals surface area contributed by atoms with E-state index in [-0.39, 0.29) is 21.3 Å². The van der Waals surface area contributed by atoms with E-state index < -0.39 is 16.0 Å². The fourth-order valence-electron chi connectivity index (χ4n) is 1.61. The predicted octanol–water partition coefficient (Wildman–Crippen LogP) is 2.54. The number of carboxylic acid groups (broad SMARTS) is 1. The summed E-state index contributed by atoms with van der Waals surface area (Å²) in [5.74, 6) is -1.12. The predicted molar refractivity (Wildman–Crippen MR) is 78.2 cm³/mol. The van der Waals surface area contributed by atoms with Gasteiger partial charge in [-0.05, 0) is 36.8 Å². The van der Waals surface area contributed by atoms with Gasteiger partial charge in [-0.1, -0.05) is 17.7 Å². The van der Waals surface area contributed by atoms with Gasteiger partial charge in [0.15, 0.2) is 0 Å². The van der Waals surface area contributed by atoms with Crippen LogP contribution in [0, 0.1) is 6.92 Å². The Balaban J connectivity index is 2.43. The van der Waals surface area contributed by atoms with Crippen molar-refractivity contribution in [3.63, 3.8) is 0 Å². The third-order valence-electron chi connectivity index (χ3n) is 2.72. The molecule has 1 heterocycles. The number of halogens is 1. The van der Waals surface area contributed by atoms with E-state index in [0.717, 1.165) is 6.07 Å². The summed E-state index contributed by atoms with van der Waals surface area (Å²) < 4.78 is 26.8. The molecule has 2 aromatic rings. The molecule has 6 nitrogen and oxygen atoms in total. The van der Waals surface area contributed by atoms with Gasteiger partial charge < -0.3 is 5.11 Å². The van der Waals surface area contributed by atoms with Crippen molar-refractivity contribution in [2.45, 2.75) is 11.8 Å². The number of hydrogen-bond donors (Lipinski definition) is 2. The average Bonchev–Trinajstić information content (AvgIpc) is 2.41. The molecule has 0 radical (unpaired) electrons. The van der Waals surface area contributed by atoms with Gasteiger partial charge in [0.2, 0.25) is 0 Å². The van der Waals surface area contributed by atoms with Crippen molar-refractivity contribution in [3.05, 3.63) is 52.7 Å². The van der Waals surface area contributed by atoms with Gasteiger partial charge in [0.1, 0.15) is 5.82 Å². The lowest BCUT2D eigenvalue weighted by molar-refractivity contribution is 0.0697. The number of carbonyl (C=O) groups is 1. The molecule has 0 bridgehead atoms. The van der Waals surface area contributed by atoms with Crippen LogP contribution >= 0.6 is 11.6 Å².